The molecule has 0 radical (unpaired) electrons. The highest BCUT2D eigenvalue weighted by molar-refractivity contribution is 7.99. The molecule has 2 aromatic heterocycles. The lowest BCUT2D eigenvalue weighted by molar-refractivity contribution is 0.596. The van der Waals surface area contributed by atoms with E-state index in [2.05, 4.69) is 15.1 Å². The summed E-state index contributed by atoms with van der Waals surface area (Å²) in [7, 11) is 1.60. The molecule has 7 nitrogen and oxygen atoms in total. The van der Waals surface area contributed by atoms with Crippen LogP contribution < -0.4 is 16.9 Å². The predicted molar refractivity (Wildman–Crippen MR) is 67.6 cm³/mol. The van der Waals surface area contributed by atoms with E-state index in [0.717, 1.165) is 5.56 Å². The number of pyridine rings is 1. The SMILES string of the molecule is Cc1cc(N)cnc1Sc1nc(=O)c(=O)[nH]n1C. The molecule has 0 amide bonds. The number of nitrogens with one attached hydrogen (secondary N) is 1. The summed E-state index contributed by atoms with van der Waals surface area (Å²) in [6, 6.07) is 1.78. The number of nitrogens with two attached hydrogens (primary N) is 1. The average molecular weight is 265 g/mol. The molecule has 0 aromatic carbocycles. The van der Waals surface area contributed by atoms with E-state index in [1.54, 1.807) is 13.1 Å². The van der Waals surface area contributed by atoms with Crippen molar-refractivity contribution in [1.29, 1.82) is 0 Å². The Morgan fingerprint density at radius 1 is 1.44 bits per heavy atom. The topological polar surface area (TPSA) is 107 Å². The van der Waals surface area contributed by atoms with Crippen LogP contribution in [0.15, 0.2) is 32.0 Å². The zero-order valence-electron chi connectivity index (χ0n) is 9.80. The third-order valence-corrected chi connectivity index (χ3v) is 3.36. The number of rotatable bonds is 2. The largest absolute Gasteiger partial charge is 0.397 e. The second-order valence-corrected chi connectivity index (χ2v) is 4.65. The molecule has 0 spiro atoms. The van der Waals surface area contributed by atoms with Crippen molar-refractivity contribution in [3.8, 4) is 0 Å². The first kappa shape index (κ1) is 12.4. The fourth-order valence-electron chi connectivity index (χ4n) is 1.33. The normalized spacial score (nSPS) is 10.6. The van der Waals surface area contributed by atoms with Crippen LogP contribution in [0.1, 0.15) is 5.56 Å². The van der Waals surface area contributed by atoms with Gasteiger partial charge in [-0.1, -0.05) is 0 Å². The van der Waals surface area contributed by atoms with Gasteiger partial charge >= 0.3 is 11.1 Å². The monoisotopic (exact) mass is 265 g/mol. The zero-order chi connectivity index (χ0) is 13.3. The van der Waals surface area contributed by atoms with Crippen molar-refractivity contribution < 1.29 is 0 Å². The van der Waals surface area contributed by atoms with Crippen molar-refractivity contribution in [3.63, 3.8) is 0 Å². The van der Waals surface area contributed by atoms with Crippen molar-refractivity contribution in [1.82, 2.24) is 19.7 Å². The van der Waals surface area contributed by atoms with Gasteiger partial charge in [0.2, 0.25) is 0 Å². The van der Waals surface area contributed by atoms with Crippen LogP contribution in [-0.2, 0) is 7.05 Å². The summed E-state index contributed by atoms with van der Waals surface area (Å²) in [5.74, 6) is 0. The van der Waals surface area contributed by atoms with Crippen LogP contribution in [0.5, 0.6) is 0 Å². The molecule has 0 aliphatic rings. The lowest BCUT2D eigenvalue weighted by atomic mass is 10.3. The number of nitrogen functional groups attached to an aromatic ring is 1. The Hall–Kier alpha value is -2.09. The maximum absolute atomic E-state index is 11.2. The first-order chi connectivity index (χ1) is 8.47. The van der Waals surface area contributed by atoms with Crippen LogP contribution in [-0.4, -0.2) is 19.7 Å². The molecular weight excluding hydrogens is 254 g/mol. The van der Waals surface area contributed by atoms with Crippen LogP contribution in [0.4, 0.5) is 5.69 Å². The standard InChI is InChI=1S/C10H11N5O2S/c1-5-3-6(11)4-12-9(5)18-10-13-7(16)8(17)14-15(10)2/h3-4H,11H2,1-2H3,(H,14,17). The summed E-state index contributed by atoms with van der Waals surface area (Å²) in [6.45, 7) is 1.86. The maximum Gasteiger partial charge on any atom is 0.339 e. The molecule has 0 aliphatic carbocycles. The van der Waals surface area contributed by atoms with Crippen LogP contribution in [0.3, 0.4) is 0 Å². The highest BCUT2D eigenvalue weighted by Crippen LogP contribution is 2.26. The Kier molecular flexibility index (Phi) is 3.19. The quantitative estimate of drug-likeness (QED) is 0.735. The minimum atomic E-state index is -0.816. The van der Waals surface area contributed by atoms with Gasteiger partial charge < -0.3 is 5.73 Å². The summed E-state index contributed by atoms with van der Waals surface area (Å²) in [5.41, 5.74) is 5.49. The minimum Gasteiger partial charge on any atom is -0.397 e. The first-order valence-electron chi connectivity index (χ1n) is 5.04. The van der Waals surface area contributed by atoms with Crippen molar-refractivity contribution in [2.75, 3.05) is 5.73 Å². The van der Waals surface area contributed by atoms with Crippen LogP contribution in [0, 0.1) is 6.92 Å². The molecule has 2 heterocycles. The van der Waals surface area contributed by atoms with Gasteiger partial charge in [0.25, 0.3) is 0 Å². The number of aromatic nitrogens is 4. The minimum absolute atomic E-state index is 0.361. The van der Waals surface area contributed by atoms with Crippen molar-refractivity contribution in [2.45, 2.75) is 17.1 Å². The van der Waals surface area contributed by atoms with E-state index < -0.39 is 11.1 Å². The summed E-state index contributed by atoms with van der Waals surface area (Å²) >= 11 is 1.19. The highest BCUT2D eigenvalue weighted by atomic mass is 32.2. The summed E-state index contributed by atoms with van der Waals surface area (Å²) in [5, 5.41) is 3.41. The molecule has 0 fully saturated rings. The molecule has 3 N–H and O–H groups in total. The van der Waals surface area contributed by atoms with Gasteiger partial charge in [-0.15, -0.1) is 0 Å². The second kappa shape index (κ2) is 4.65. The Labute approximate surface area is 106 Å². The van der Waals surface area contributed by atoms with Crippen LogP contribution in [0.2, 0.25) is 0 Å². The van der Waals surface area contributed by atoms with Crippen molar-refractivity contribution in [3.05, 3.63) is 38.5 Å². The van der Waals surface area contributed by atoms with Gasteiger partial charge in [0.15, 0.2) is 5.16 Å². The van der Waals surface area contributed by atoms with Crippen LogP contribution in [0.25, 0.3) is 0 Å². The Morgan fingerprint density at radius 2 is 2.17 bits per heavy atom. The number of hydrogen-bond donors (Lipinski definition) is 2. The number of aromatic amines is 1. The predicted octanol–water partition coefficient (Wildman–Crippen LogP) is -0.0946. The lowest BCUT2D eigenvalue weighted by Crippen LogP contribution is -2.33. The van der Waals surface area contributed by atoms with Gasteiger partial charge in [0.05, 0.1) is 11.9 Å². The summed E-state index contributed by atoms with van der Waals surface area (Å²) < 4.78 is 1.38. The molecule has 18 heavy (non-hydrogen) atoms. The van der Waals surface area contributed by atoms with Gasteiger partial charge in [0, 0.05) is 7.05 Å². The number of nitrogens with zero attached hydrogens (tertiary/aromatic N) is 3. The molecule has 8 heteroatoms. The Bertz CT molecular complexity index is 706. The van der Waals surface area contributed by atoms with E-state index in [-0.39, 0.29) is 0 Å². The van der Waals surface area contributed by atoms with Gasteiger partial charge in [-0.25, -0.2) is 4.98 Å². The summed E-state index contributed by atoms with van der Waals surface area (Å²) in [6.07, 6.45) is 1.53. The molecule has 0 bridgehead atoms. The fraction of sp³-hybridized carbons (Fsp3) is 0.200. The average Bonchev–Trinajstić information content (AvgIpc) is 2.29. The Morgan fingerprint density at radius 3 is 2.83 bits per heavy atom. The number of aryl methyl sites for hydroxylation is 2. The third-order valence-electron chi connectivity index (χ3n) is 2.19. The van der Waals surface area contributed by atoms with E-state index in [0.29, 0.717) is 15.9 Å². The molecule has 0 saturated carbocycles. The smallest absolute Gasteiger partial charge is 0.339 e. The van der Waals surface area contributed by atoms with E-state index in [4.69, 9.17) is 5.73 Å². The van der Waals surface area contributed by atoms with Gasteiger partial charge in [0.1, 0.15) is 5.03 Å². The molecule has 2 rings (SSSR count). The number of H-pyrrole nitrogens is 1. The molecule has 0 saturated heterocycles. The fourth-order valence-corrected chi connectivity index (χ4v) is 2.14. The van der Waals surface area contributed by atoms with E-state index >= 15 is 0 Å². The van der Waals surface area contributed by atoms with E-state index in [1.807, 2.05) is 6.92 Å². The Balaban J connectivity index is 2.43. The molecule has 0 aliphatic heterocycles. The number of anilines is 1. The van der Waals surface area contributed by atoms with Crippen LogP contribution >= 0.6 is 11.8 Å². The second-order valence-electron chi connectivity index (χ2n) is 3.69. The maximum atomic E-state index is 11.2. The van der Waals surface area contributed by atoms with Gasteiger partial charge in [-0.05, 0) is 30.3 Å². The third kappa shape index (κ3) is 2.43. The molecular formula is C10H11N5O2S. The molecule has 2 aromatic rings. The molecule has 94 valence electrons. The molecule has 0 atom stereocenters. The first-order valence-corrected chi connectivity index (χ1v) is 5.86. The number of hydrogen-bond acceptors (Lipinski definition) is 6. The van der Waals surface area contributed by atoms with Crippen molar-refractivity contribution in [2.24, 2.45) is 7.05 Å². The lowest BCUT2D eigenvalue weighted by Gasteiger charge is -2.07. The molecule has 0 unspecified atom stereocenters. The summed E-state index contributed by atoms with van der Waals surface area (Å²) in [4.78, 5) is 30.1. The van der Waals surface area contributed by atoms with Gasteiger partial charge in [-0.3, -0.25) is 19.4 Å². The zero-order valence-corrected chi connectivity index (χ0v) is 10.6. The van der Waals surface area contributed by atoms with Crippen molar-refractivity contribution >= 4 is 17.4 Å². The van der Waals surface area contributed by atoms with Gasteiger partial charge in [-0.2, -0.15) is 4.98 Å². The van der Waals surface area contributed by atoms with E-state index in [9.17, 15) is 9.59 Å². The van der Waals surface area contributed by atoms with E-state index in [1.165, 1.54) is 22.6 Å². The highest BCUT2D eigenvalue weighted by Gasteiger charge is 2.09.